The topological polar surface area (TPSA) is 120 Å². The molecule has 172 valence electrons. The maximum Gasteiger partial charge on any atom is 0.264 e. The summed E-state index contributed by atoms with van der Waals surface area (Å²) in [7, 11) is -2.37. The Kier molecular flexibility index (Phi) is 7.86. The molecule has 2 aromatic carbocycles. The van der Waals surface area contributed by atoms with Crippen molar-refractivity contribution in [1.82, 2.24) is 9.97 Å². The van der Waals surface area contributed by atoms with Gasteiger partial charge in [-0.25, -0.2) is 23.1 Å². The molecule has 11 heteroatoms. The van der Waals surface area contributed by atoms with Crippen molar-refractivity contribution in [3.63, 3.8) is 0 Å². The molecule has 0 atom stereocenters. The van der Waals surface area contributed by atoms with Crippen LogP contribution in [0.1, 0.15) is 12.5 Å². The molecule has 0 spiro atoms. The lowest BCUT2D eigenvalue weighted by Crippen LogP contribution is -2.15. The second-order valence-electron chi connectivity index (χ2n) is 6.49. The maximum absolute atomic E-state index is 12.4. The Morgan fingerprint density at radius 2 is 1.85 bits per heavy atom. The number of rotatable bonds is 9. The van der Waals surface area contributed by atoms with E-state index in [0.29, 0.717) is 34.4 Å². The summed E-state index contributed by atoms with van der Waals surface area (Å²) in [4.78, 5) is 20.0. The summed E-state index contributed by atoms with van der Waals surface area (Å²) >= 11 is 6.22. The molecule has 1 aromatic heterocycles. The van der Waals surface area contributed by atoms with E-state index in [1.54, 1.807) is 24.3 Å². The molecule has 0 bridgehead atoms. The highest BCUT2D eigenvalue weighted by atomic mass is 35.5. The third-order valence-electron chi connectivity index (χ3n) is 4.19. The van der Waals surface area contributed by atoms with E-state index in [2.05, 4.69) is 20.0 Å². The molecule has 3 aromatic rings. The van der Waals surface area contributed by atoms with E-state index < -0.39 is 15.9 Å². The third kappa shape index (κ3) is 6.43. The van der Waals surface area contributed by atoms with E-state index in [1.165, 1.54) is 49.8 Å². The van der Waals surface area contributed by atoms with Gasteiger partial charge in [-0.1, -0.05) is 11.6 Å². The van der Waals surface area contributed by atoms with Crippen LogP contribution in [0.25, 0.3) is 6.08 Å². The Morgan fingerprint density at radius 3 is 2.48 bits per heavy atom. The number of hydrogen-bond acceptors (Lipinski definition) is 7. The number of anilines is 2. The van der Waals surface area contributed by atoms with Gasteiger partial charge in [0.15, 0.2) is 11.5 Å². The van der Waals surface area contributed by atoms with Gasteiger partial charge in [0.05, 0.1) is 23.6 Å². The summed E-state index contributed by atoms with van der Waals surface area (Å²) in [6, 6.07) is 10.6. The minimum atomic E-state index is -3.86. The predicted octanol–water partition coefficient (Wildman–Crippen LogP) is 3.99. The quantitative estimate of drug-likeness (QED) is 0.437. The SMILES string of the molecule is CCOc1cc(/C=C/C(=O)Nc2ccc(S(=O)(=O)Nc3ncccn3)cc2)cc(Cl)c1OC. The second kappa shape index (κ2) is 10.8. The van der Waals surface area contributed by atoms with Gasteiger partial charge in [0, 0.05) is 24.2 Å². The van der Waals surface area contributed by atoms with E-state index in [1.807, 2.05) is 6.92 Å². The summed E-state index contributed by atoms with van der Waals surface area (Å²) < 4.78 is 37.9. The zero-order chi connectivity index (χ0) is 23.8. The van der Waals surface area contributed by atoms with E-state index in [9.17, 15) is 13.2 Å². The Morgan fingerprint density at radius 1 is 1.15 bits per heavy atom. The number of halogens is 1. The minimum Gasteiger partial charge on any atom is -0.491 e. The number of hydrogen-bond donors (Lipinski definition) is 2. The number of benzene rings is 2. The summed E-state index contributed by atoms with van der Waals surface area (Å²) in [6.07, 6.45) is 5.75. The first-order valence-electron chi connectivity index (χ1n) is 9.71. The highest BCUT2D eigenvalue weighted by Crippen LogP contribution is 2.36. The molecule has 0 aliphatic heterocycles. The Hall–Kier alpha value is -3.63. The fourth-order valence-corrected chi connectivity index (χ4v) is 4.00. The van der Waals surface area contributed by atoms with E-state index >= 15 is 0 Å². The molecular weight excluding hydrogens is 468 g/mol. The number of ether oxygens (including phenoxy) is 2. The van der Waals surface area contributed by atoms with Crippen LogP contribution in [-0.2, 0) is 14.8 Å². The van der Waals surface area contributed by atoms with Crippen LogP contribution < -0.4 is 19.5 Å². The average molecular weight is 489 g/mol. The summed E-state index contributed by atoms with van der Waals surface area (Å²) in [5.74, 6) is 0.444. The van der Waals surface area contributed by atoms with Gasteiger partial charge >= 0.3 is 0 Å². The van der Waals surface area contributed by atoms with Crippen LogP contribution in [0.5, 0.6) is 11.5 Å². The Balaban J connectivity index is 1.67. The Bertz CT molecular complexity index is 1250. The van der Waals surface area contributed by atoms with Crippen molar-refractivity contribution < 1.29 is 22.7 Å². The first-order valence-corrected chi connectivity index (χ1v) is 11.6. The summed E-state index contributed by atoms with van der Waals surface area (Å²) in [6.45, 7) is 2.27. The van der Waals surface area contributed by atoms with Gasteiger partial charge in [-0.2, -0.15) is 0 Å². The molecule has 2 N–H and O–H groups in total. The largest absolute Gasteiger partial charge is 0.491 e. The number of nitrogens with one attached hydrogen (secondary N) is 2. The second-order valence-corrected chi connectivity index (χ2v) is 8.58. The molecule has 0 aliphatic carbocycles. The highest BCUT2D eigenvalue weighted by molar-refractivity contribution is 7.92. The number of amides is 1. The number of sulfonamides is 1. The number of methoxy groups -OCH3 is 1. The van der Waals surface area contributed by atoms with Gasteiger partial charge in [-0.15, -0.1) is 0 Å². The fraction of sp³-hybridized carbons (Fsp3) is 0.136. The standard InChI is InChI=1S/C22H21ClN4O5S/c1-3-32-19-14-15(13-18(23)21(19)31-2)5-10-20(28)26-16-6-8-17(9-7-16)33(29,30)27-22-24-11-4-12-25-22/h4-14H,3H2,1-2H3,(H,26,28)(H,24,25,27)/b10-5+. The maximum atomic E-state index is 12.4. The summed E-state index contributed by atoms with van der Waals surface area (Å²) in [5, 5.41) is 3.02. The molecule has 0 saturated carbocycles. The number of aromatic nitrogens is 2. The molecule has 9 nitrogen and oxygen atoms in total. The number of nitrogens with zero attached hydrogens (tertiary/aromatic N) is 2. The monoisotopic (exact) mass is 488 g/mol. The third-order valence-corrected chi connectivity index (χ3v) is 5.81. The normalized spacial score (nSPS) is 11.2. The molecule has 0 radical (unpaired) electrons. The molecule has 3 rings (SSSR count). The van der Waals surface area contributed by atoms with Crippen molar-refractivity contribution >= 4 is 45.2 Å². The van der Waals surface area contributed by atoms with Gasteiger partial charge in [-0.3, -0.25) is 4.79 Å². The molecule has 1 amide bonds. The molecule has 33 heavy (non-hydrogen) atoms. The van der Waals surface area contributed by atoms with Crippen LogP contribution >= 0.6 is 11.6 Å². The fourth-order valence-electron chi connectivity index (χ4n) is 2.75. The first kappa shape index (κ1) is 24.0. The van der Waals surface area contributed by atoms with Crippen LogP contribution in [0.4, 0.5) is 11.6 Å². The van der Waals surface area contributed by atoms with Gasteiger partial charge in [0.1, 0.15) is 0 Å². The molecule has 0 saturated heterocycles. The molecule has 0 aliphatic rings. The van der Waals surface area contributed by atoms with Crippen LogP contribution in [0.3, 0.4) is 0 Å². The number of carbonyl (C=O) groups excluding carboxylic acids is 1. The van der Waals surface area contributed by atoms with E-state index in [0.717, 1.165) is 0 Å². The lowest BCUT2D eigenvalue weighted by Gasteiger charge is -2.11. The molecule has 0 unspecified atom stereocenters. The lowest BCUT2D eigenvalue weighted by atomic mass is 10.2. The van der Waals surface area contributed by atoms with Crippen LogP contribution in [-0.4, -0.2) is 38.0 Å². The summed E-state index contributed by atoms with van der Waals surface area (Å²) in [5.41, 5.74) is 1.07. The Labute approximate surface area is 196 Å². The van der Waals surface area contributed by atoms with Crippen molar-refractivity contribution in [3.05, 3.63) is 71.5 Å². The van der Waals surface area contributed by atoms with E-state index in [4.69, 9.17) is 21.1 Å². The average Bonchev–Trinajstić information content (AvgIpc) is 2.79. The molecule has 0 fully saturated rings. The van der Waals surface area contributed by atoms with Gasteiger partial charge < -0.3 is 14.8 Å². The molecular formula is C22H21ClN4O5S. The van der Waals surface area contributed by atoms with Crippen molar-refractivity contribution in [3.8, 4) is 11.5 Å². The van der Waals surface area contributed by atoms with Crippen molar-refractivity contribution in [2.24, 2.45) is 0 Å². The smallest absolute Gasteiger partial charge is 0.264 e. The highest BCUT2D eigenvalue weighted by Gasteiger charge is 2.15. The predicted molar refractivity (Wildman–Crippen MR) is 126 cm³/mol. The van der Waals surface area contributed by atoms with Crippen molar-refractivity contribution in [2.45, 2.75) is 11.8 Å². The van der Waals surface area contributed by atoms with Crippen LogP contribution in [0, 0.1) is 0 Å². The number of carbonyl (C=O) groups is 1. The first-order chi connectivity index (χ1) is 15.8. The van der Waals surface area contributed by atoms with Gasteiger partial charge in [-0.05, 0) is 61.0 Å². The molecule has 1 heterocycles. The van der Waals surface area contributed by atoms with Crippen LogP contribution in [0.2, 0.25) is 5.02 Å². The lowest BCUT2D eigenvalue weighted by molar-refractivity contribution is -0.111. The van der Waals surface area contributed by atoms with E-state index in [-0.39, 0.29) is 10.8 Å². The van der Waals surface area contributed by atoms with Crippen LogP contribution in [0.15, 0.2) is 65.8 Å². The van der Waals surface area contributed by atoms with Gasteiger partial charge in [0.25, 0.3) is 10.0 Å². The van der Waals surface area contributed by atoms with Crippen molar-refractivity contribution in [1.29, 1.82) is 0 Å². The zero-order valence-electron chi connectivity index (χ0n) is 17.8. The zero-order valence-corrected chi connectivity index (χ0v) is 19.4. The van der Waals surface area contributed by atoms with Gasteiger partial charge in [0.2, 0.25) is 11.9 Å². The van der Waals surface area contributed by atoms with Crippen molar-refractivity contribution in [2.75, 3.05) is 23.8 Å². The minimum absolute atomic E-state index is 0.000164.